The number of benzene rings is 1. The third kappa shape index (κ3) is 7.02. The van der Waals surface area contributed by atoms with E-state index < -0.39 is 23.4 Å². The summed E-state index contributed by atoms with van der Waals surface area (Å²) in [5.74, 6) is 0. The summed E-state index contributed by atoms with van der Waals surface area (Å²) >= 11 is 5.97. The van der Waals surface area contributed by atoms with Crippen molar-refractivity contribution in [2.24, 2.45) is 0 Å². The molecule has 0 N–H and O–H groups in total. The first-order valence-electron chi connectivity index (χ1n) is 7.74. The lowest BCUT2D eigenvalue weighted by Crippen LogP contribution is -2.43. The smallest absolute Gasteiger partial charge is 0.420 e. The molecule has 0 aliphatic rings. The first-order valence-corrected chi connectivity index (χ1v) is 8.12. The normalized spacial score (nSPS) is 11.4. The molecule has 136 valence electrons. The van der Waals surface area contributed by atoms with Crippen molar-refractivity contribution in [1.82, 2.24) is 4.90 Å². The summed E-state index contributed by atoms with van der Waals surface area (Å²) < 4.78 is 10.6. The fraction of sp³-hybridized carbons (Fsp3) is 0.500. The number of carbonyl (C=O) groups excluding carboxylic acids is 2. The van der Waals surface area contributed by atoms with Gasteiger partial charge in [-0.05, 0) is 65.3 Å². The molecule has 0 heterocycles. The Morgan fingerprint density at radius 3 is 1.96 bits per heavy atom. The molecule has 0 saturated carbocycles. The summed E-state index contributed by atoms with van der Waals surface area (Å²) in [4.78, 5) is 25.7. The summed E-state index contributed by atoms with van der Waals surface area (Å²) in [6.45, 7) is 9.97. The lowest BCUT2D eigenvalue weighted by atomic mass is 10.1. The van der Waals surface area contributed by atoms with E-state index in [0.717, 1.165) is 4.90 Å². The summed E-state index contributed by atoms with van der Waals surface area (Å²) in [7, 11) is 0. The Bertz CT molecular complexity index is 668. The van der Waals surface area contributed by atoms with E-state index in [4.69, 9.17) is 21.1 Å². The monoisotopic (exact) mass is 366 g/mol. The van der Waals surface area contributed by atoms with Gasteiger partial charge in [-0.15, -0.1) is 0 Å². The number of rotatable bonds is 2. The molecule has 0 atom stereocenters. The maximum Gasteiger partial charge on any atom is 0.420 e. The van der Waals surface area contributed by atoms with Crippen LogP contribution in [0.2, 0.25) is 5.02 Å². The first-order chi connectivity index (χ1) is 11.3. The van der Waals surface area contributed by atoms with Crippen molar-refractivity contribution in [2.75, 3.05) is 0 Å². The highest BCUT2D eigenvalue weighted by molar-refractivity contribution is 6.30. The van der Waals surface area contributed by atoms with Gasteiger partial charge in [0, 0.05) is 5.02 Å². The first kappa shape index (κ1) is 20.8. The molecule has 25 heavy (non-hydrogen) atoms. The fourth-order valence-electron chi connectivity index (χ4n) is 1.81. The third-order valence-corrected chi connectivity index (χ3v) is 2.98. The molecular formula is C18H23ClN2O4. The lowest BCUT2D eigenvalue weighted by Gasteiger charge is -2.28. The van der Waals surface area contributed by atoms with E-state index in [0.29, 0.717) is 16.1 Å². The molecule has 0 spiro atoms. The van der Waals surface area contributed by atoms with Crippen LogP contribution in [0, 0.1) is 11.3 Å². The summed E-state index contributed by atoms with van der Waals surface area (Å²) in [5.41, 5.74) is -0.846. The number of hydrogen-bond donors (Lipinski definition) is 0. The summed E-state index contributed by atoms with van der Waals surface area (Å²) in [6, 6.07) is 6.63. The molecular weight excluding hydrogens is 344 g/mol. The average molecular weight is 367 g/mol. The zero-order valence-electron chi connectivity index (χ0n) is 15.3. The molecule has 7 heteroatoms. The molecule has 0 aliphatic carbocycles. The molecule has 6 nitrogen and oxygen atoms in total. The number of carbonyl (C=O) groups is 2. The maximum absolute atomic E-state index is 12.5. The lowest BCUT2D eigenvalue weighted by molar-refractivity contribution is -0.000254. The van der Waals surface area contributed by atoms with Gasteiger partial charge in [0.2, 0.25) is 0 Å². The Hall–Kier alpha value is -2.26. The van der Waals surface area contributed by atoms with Crippen molar-refractivity contribution in [1.29, 1.82) is 5.26 Å². The Balaban J connectivity index is 3.19. The van der Waals surface area contributed by atoms with Gasteiger partial charge in [0.1, 0.15) is 11.2 Å². The van der Waals surface area contributed by atoms with Gasteiger partial charge in [0.05, 0.1) is 18.2 Å². The maximum atomic E-state index is 12.5. The van der Waals surface area contributed by atoms with Gasteiger partial charge in [-0.25, -0.2) is 14.5 Å². The molecule has 0 aromatic heterocycles. The van der Waals surface area contributed by atoms with E-state index in [9.17, 15) is 14.9 Å². The van der Waals surface area contributed by atoms with Gasteiger partial charge < -0.3 is 9.47 Å². The topological polar surface area (TPSA) is 79.6 Å². The van der Waals surface area contributed by atoms with Gasteiger partial charge in [-0.2, -0.15) is 5.26 Å². The summed E-state index contributed by atoms with van der Waals surface area (Å²) in [5, 5.41) is 9.62. The van der Waals surface area contributed by atoms with Crippen molar-refractivity contribution in [3.63, 3.8) is 0 Å². The second-order valence-electron chi connectivity index (χ2n) is 7.46. The number of nitriles is 1. The molecule has 0 fully saturated rings. The predicted molar refractivity (Wildman–Crippen MR) is 94.2 cm³/mol. The van der Waals surface area contributed by atoms with Crippen molar-refractivity contribution >= 4 is 23.8 Å². The molecule has 2 amide bonds. The second-order valence-corrected chi connectivity index (χ2v) is 7.90. The van der Waals surface area contributed by atoms with Gasteiger partial charge in [-0.3, -0.25) is 0 Å². The van der Waals surface area contributed by atoms with E-state index in [1.807, 2.05) is 6.07 Å². The van der Waals surface area contributed by atoms with Crippen LogP contribution in [0.1, 0.15) is 52.7 Å². The Labute approximate surface area is 153 Å². The largest absolute Gasteiger partial charge is 0.443 e. The Kier molecular flexibility index (Phi) is 6.44. The minimum absolute atomic E-state index is 0.187. The SMILES string of the molecule is CC(C)(C)OC(=O)N(Cc1cc(Cl)ccc1C#N)C(=O)OC(C)(C)C. The minimum atomic E-state index is -0.856. The Morgan fingerprint density at radius 1 is 1.08 bits per heavy atom. The van der Waals surface area contributed by atoms with Crippen LogP contribution >= 0.6 is 11.6 Å². The van der Waals surface area contributed by atoms with Crippen LogP contribution in [-0.4, -0.2) is 28.3 Å². The van der Waals surface area contributed by atoms with Crippen LogP contribution in [-0.2, 0) is 16.0 Å². The van der Waals surface area contributed by atoms with Crippen molar-refractivity contribution in [2.45, 2.75) is 59.3 Å². The zero-order valence-corrected chi connectivity index (χ0v) is 16.1. The van der Waals surface area contributed by atoms with E-state index in [2.05, 4.69) is 0 Å². The average Bonchev–Trinajstić information content (AvgIpc) is 2.40. The van der Waals surface area contributed by atoms with Crippen LogP contribution in [0.4, 0.5) is 9.59 Å². The minimum Gasteiger partial charge on any atom is -0.443 e. The molecule has 0 unspecified atom stereocenters. The second kappa shape index (κ2) is 7.75. The third-order valence-electron chi connectivity index (χ3n) is 2.74. The van der Waals surface area contributed by atoms with Crippen LogP contribution in [0.15, 0.2) is 18.2 Å². The van der Waals surface area contributed by atoms with E-state index in [1.165, 1.54) is 12.1 Å². The molecule has 1 aromatic carbocycles. The standard InChI is InChI=1S/C18H23ClN2O4/c1-17(2,3)24-15(22)21(16(23)25-18(4,5)6)11-13-9-14(19)8-7-12(13)10-20/h7-9H,11H2,1-6H3. The molecule has 0 aliphatic heterocycles. The van der Waals surface area contributed by atoms with Crippen molar-refractivity contribution in [3.8, 4) is 6.07 Å². The number of amides is 2. The van der Waals surface area contributed by atoms with Gasteiger partial charge in [0.15, 0.2) is 0 Å². The number of imide groups is 1. The van der Waals surface area contributed by atoms with E-state index in [-0.39, 0.29) is 6.54 Å². The highest BCUT2D eigenvalue weighted by Crippen LogP contribution is 2.21. The molecule has 1 aromatic rings. The number of ether oxygens (including phenoxy) is 2. The predicted octanol–water partition coefficient (Wildman–Crippen LogP) is 4.88. The molecule has 0 radical (unpaired) electrons. The Morgan fingerprint density at radius 2 is 1.56 bits per heavy atom. The zero-order chi connectivity index (χ0) is 19.4. The fourth-order valence-corrected chi connectivity index (χ4v) is 2.00. The van der Waals surface area contributed by atoms with E-state index >= 15 is 0 Å². The molecule has 0 saturated heterocycles. The van der Waals surface area contributed by atoms with Gasteiger partial charge >= 0.3 is 12.2 Å². The van der Waals surface area contributed by atoms with Gasteiger partial charge in [0.25, 0.3) is 0 Å². The number of nitrogens with zero attached hydrogens (tertiary/aromatic N) is 2. The molecule has 0 bridgehead atoms. The van der Waals surface area contributed by atoms with Crippen LogP contribution in [0.25, 0.3) is 0 Å². The molecule has 1 rings (SSSR count). The van der Waals surface area contributed by atoms with Crippen molar-refractivity contribution in [3.05, 3.63) is 34.3 Å². The van der Waals surface area contributed by atoms with Crippen molar-refractivity contribution < 1.29 is 19.1 Å². The quantitative estimate of drug-likeness (QED) is 0.744. The summed E-state index contributed by atoms with van der Waals surface area (Å²) in [6.07, 6.45) is -1.71. The van der Waals surface area contributed by atoms with Crippen LogP contribution in [0.3, 0.4) is 0 Å². The van der Waals surface area contributed by atoms with E-state index in [1.54, 1.807) is 47.6 Å². The number of halogens is 1. The van der Waals surface area contributed by atoms with Crippen LogP contribution < -0.4 is 0 Å². The highest BCUT2D eigenvalue weighted by Gasteiger charge is 2.31. The van der Waals surface area contributed by atoms with Crippen LogP contribution in [0.5, 0.6) is 0 Å². The highest BCUT2D eigenvalue weighted by atomic mass is 35.5. The van der Waals surface area contributed by atoms with Gasteiger partial charge in [-0.1, -0.05) is 11.6 Å². The number of hydrogen-bond acceptors (Lipinski definition) is 5.